The van der Waals surface area contributed by atoms with Crippen molar-refractivity contribution in [1.29, 1.82) is 0 Å². The van der Waals surface area contributed by atoms with Crippen molar-refractivity contribution in [2.75, 3.05) is 0 Å². The molecule has 3 rings (SSSR count). The lowest BCUT2D eigenvalue weighted by Crippen LogP contribution is -2.63. The predicted molar refractivity (Wildman–Crippen MR) is 110 cm³/mol. The maximum Gasteiger partial charge on any atom is 0.269 e. The van der Waals surface area contributed by atoms with Gasteiger partial charge >= 0.3 is 0 Å². The van der Waals surface area contributed by atoms with Crippen LogP contribution < -0.4 is 5.32 Å². The van der Waals surface area contributed by atoms with Crippen LogP contribution in [0, 0.1) is 45.9 Å². The second-order valence-corrected chi connectivity index (χ2v) is 8.11. The van der Waals surface area contributed by atoms with Gasteiger partial charge in [-0.1, -0.05) is 24.3 Å². The number of nitro benzene ring substituents is 2. The van der Waals surface area contributed by atoms with Crippen LogP contribution in [0.3, 0.4) is 0 Å². The van der Waals surface area contributed by atoms with E-state index in [4.69, 9.17) is 0 Å². The normalized spacial score (nSPS) is 24.4. The number of piperidine rings is 1. The third-order valence-electron chi connectivity index (χ3n) is 5.85. The Bertz CT molecular complexity index is 1020. The van der Waals surface area contributed by atoms with Crippen LogP contribution in [0.5, 0.6) is 0 Å². The summed E-state index contributed by atoms with van der Waals surface area (Å²) < 4.78 is 0. The first kappa shape index (κ1) is 22.7. The summed E-state index contributed by atoms with van der Waals surface area (Å²) in [4.78, 5) is 44.0. The molecule has 1 N–H and O–H groups in total. The zero-order valence-electron chi connectivity index (χ0n) is 17.0. The number of nitrogens with one attached hydrogen (secondary N) is 1. The Kier molecular flexibility index (Phi) is 5.86. The van der Waals surface area contributed by atoms with E-state index in [2.05, 4.69) is 5.32 Å². The second kappa shape index (κ2) is 8.26. The summed E-state index contributed by atoms with van der Waals surface area (Å²) in [7, 11) is 0. The van der Waals surface area contributed by atoms with Crippen molar-refractivity contribution in [2.45, 2.75) is 38.0 Å². The maximum atomic E-state index is 12.0. The van der Waals surface area contributed by atoms with Gasteiger partial charge in [-0.25, -0.2) is 0 Å². The van der Waals surface area contributed by atoms with E-state index < -0.39 is 49.3 Å². The number of rotatable bonds is 6. The van der Waals surface area contributed by atoms with Gasteiger partial charge in [0.2, 0.25) is 12.1 Å². The SMILES string of the molecule is CC1(C)[C@@H]([N+](=O)[O-])[C@H](c2cccc([N+](=O)[O-])c2)N[C@@H](c2cccc([N+](=O)[O-])c2)[C@H]1[N+](=O)[O-]. The number of nitrogens with zero attached hydrogens (tertiary/aromatic N) is 4. The quantitative estimate of drug-likeness (QED) is 0.515. The minimum atomic E-state index is -1.52. The monoisotopic (exact) mass is 445 g/mol. The van der Waals surface area contributed by atoms with Crippen molar-refractivity contribution < 1.29 is 19.7 Å². The molecule has 1 saturated heterocycles. The fraction of sp³-hybridized carbons (Fsp3) is 0.368. The summed E-state index contributed by atoms with van der Waals surface area (Å²) in [5, 5.41) is 49.4. The summed E-state index contributed by atoms with van der Waals surface area (Å²) in [5.41, 5.74) is -1.67. The van der Waals surface area contributed by atoms with Gasteiger partial charge in [0.15, 0.2) is 0 Å². The molecule has 168 valence electrons. The average Bonchev–Trinajstić information content (AvgIpc) is 2.71. The third kappa shape index (κ3) is 3.97. The van der Waals surface area contributed by atoms with Crippen molar-refractivity contribution in [2.24, 2.45) is 5.41 Å². The van der Waals surface area contributed by atoms with Crippen molar-refractivity contribution in [3.05, 3.63) is 100 Å². The first-order chi connectivity index (χ1) is 14.9. The summed E-state index contributed by atoms with van der Waals surface area (Å²) >= 11 is 0. The summed E-state index contributed by atoms with van der Waals surface area (Å²) in [6.45, 7) is 2.78. The van der Waals surface area contributed by atoms with Crippen LogP contribution in [0.25, 0.3) is 0 Å². The van der Waals surface area contributed by atoms with Crippen molar-refractivity contribution in [3.8, 4) is 0 Å². The molecule has 13 nitrogen and oxygen atoms in total. The highest BCUT2D eigenvalue weighted by Gasteiger charge is 2.63. The fourth-order valence-corrected chi connectivity index (χ4v) is 4.42. The molecule has 0 aliphatic carbocycles. The highest BCUT2D eigenvalue weighted by Crippen LogP contribution is 2.47. The van der Waals surface area contributed by atoms with E-state index >= 15 is 0 Å². The van der Waals surface area contributed by atoms with Crippen molar-refractivity contribution in [1.82, 2.24) is 5.32 Å². The van der Waals surface area contributed by atoms with Crippen LogP contribution in [0.2, 0.25) is 0 Å². The zero-order chi connectivity index (χ0) is 23.8. The largest absolute Gasteiger partial charge is 0.291 e. The van der Waals surface area contributed by atoms with Crippen LogP contribution in [0.15, 0.2) is 48.5 Å². The van der Waals surface area contributed by atoms with Crippen LogP contribution in [-0.2, 0) is 0 Å². The van der Waals surface area contributed by atoms with Crippen molar-refractivity contribution >= 4 is 11.4 Å². The molecular formula is C19H19N5O8. The van der Waals surface area contributed by atoms with E-state index in [0.29, 0.717) is 0 Å². The summed E-state index contributed by atoms with van der Waals surface area (Å²) in [5.74, 6) is 0. The summed E-state index contributed by atoms with van der Waals surface area (Å²) in [6.07, 6.45) is 0. The zero-order valence-corrected chi connectivity index (χ0v) is 17.0. The molecule has 13 heteroatoms. The lowest BCUT2D eigenvalue weighted by atomic mass is 9.66. The van der Waals surface area contributed by atoms with Crippen LogP contribution in [-0.4, -0.2) is 31.8 Å². The van der Waals surface area contributed by atoms with Gasteiger partial charge < -0.3 is 0 Å². The van der Waals surface area contributed by atoms with Crippen LogP contribution >= 0.6 is 0 Å². The number of hydrogen-bond acceptors (Lipinski definition) is 9. The predicted octanol–water partition coefficient (Wildman–Crippen LogP) is 3.21. The molecule has 32 heavy (non-hydrogen) atoms. The molecule has 0 saturated carbocycles. The number of benzene rings is 2. The lowest BCUT2D eigenvalue weighted by Gasteiger charge is -2.44. The molecule has 1 fully saturated rings. The molecule has 0 unspecified atom stereocenters. The smallest absolute Gasteiger partial charge is 0.269 e. The molecule has 0 radical (unpaired) electrons. The Hall–Kier alpha value is -4.00. The Balaban J connectivity index is 2.20. The van der Waals surface area contributed by atoms with Crippen molar-refractivity contribution in [3.63, 3.8) is 0 Å². The van der Waals surface area contributed by atoms with Gasteiger partial charge in [-0.2, -0.15) is 0 Å². The van der Waals surface area contributed by atoms with Crippen LogP contribution in [0.4, 0.5) is 11.4 Å². The van der Waals surface area contributed by atoms with E-state index in [9.17, 15) is 40.5 Å². The molecule has 2 aromatic carbocycles. The first-order valence-electron chi connectivity index (χ1n) is 9.47. The molecular weight excluding hydrogens is 426 g/mol. The molecule has 0 aromatic heterocycles. The molecule has 0 amide bonds. The maximum absolute atomic E-state index is 12.0. The van der Waals surface area contributed by atoms with Gasteiger partial charge in [0, 0.05) is 34.1 Å². The molecule has 1 aliphatic heterocycles. The third-order valence-corrected chi connectivity index (χ3v) is 5.85. The second-order valence-electron chi connectivity index (χ2n) is 8.11. The topological polar surface area (TPSA) is 185 Å². The van der Waals surface area contributed by atoms with E-state index in [0.717, 1.165) is 0 Å². The molecule has 4 atom stereocenters. The highest BCUT2D eigenvalue weighted by molar-refractivity contribution is 5.40. The Morgan fingerprint density at radius 1 is 0.719 bits per heavy atom. The molecule has 2 aromatic rings. The van der Waals surface area contributed by atoms with Gasteiger partial charge in [0.05, 0.1) is 9.85 Å². The summed E-state index contributed by atoms with van der Waals surface area (Å²) in [6, 6.07) is 5.26. The minimum absolute atomic E-state index is 0.214. The van der Waals surface area contributed by atoms with Gasteiger partial charge in [0.25, 0.3) is 11.4 Å². The van der Waals surface area contributed by atoms with Crippen LogP contribution in [0.1, 0.15) is 37.1 Å². The minimum Gasteiger partial charge on any atom is -0.291 e. The highest BCUT2D eigenvalue weighted by atomic mass is 16.6. The lowest BCUT2D eigenvalue weighted by molar-refractivity contribution is -0.605. The molecule has 1 heterocycles. The van der Waals surface area contributed by atoms with E-state index in [1.165, 1.54) is 62.4 Å². The Morgan fingerprint density at radius 3 is 1.41 bits per heavy atom. The molecule has 1 aliphatic rings. The number of non-ortho nitro benzene ring substituents is 2. The van der Waals surface area contributed by atoms with Gasteiger partial charge in [-0.05, 0) is 25.0 Å². The van der Waals surface area contributed by atoms with E-state index in [1.54, 1.807) is 0 Å². The Morgan fingerprint density at radius 2 is 1.09 bits per heavy atom. The Labute approximate surface area is 180 Å². The standard InChI is InChI=1S/C19H19N5O8/c1-19(2)17(23(29)30)15(11-5-3-7-13(9-11)21(25)26)20-16(18(19)24(31)32)12-6-4-8-14(10-12)22(27)28/h3-10,15-18,20H,1-2H3/t15-,16-,17-,18+/m0/s1. The van der Waals surface area contributed by atoms with E-state index in [-0.39, 0.29) is 22.5 Å². The fourth-order valence-electron chi connectivity index (χ4n) is 4.42. The average molecular weight is 445 g/mol. The number of hydrogen-bond donors (Lipinski definition) is 1. The first-order valence-corrected chi connectivity index (χ1v) is 9.47. The van der Waals surface area contributed by atoms with E-state index in [1.807, 2.05) is 0 Å². The molecule has 0 bridgehead atoms. The van der Waals surface area contributed by atoms with Gasteiger partial charge in [0.1, 0.15) is 17.5 Å². The van der Waals surface area contributed by atoms with Gasteiger partial charge in [-0.15, -0.1) is 0 Å². The number of nitro groups is 4. The van der Waals surface area contributed by atoms with Gasteiger partial charge in [-0.3, -0.25) is 45.8 Å². The molecule has 0 spiro atoms.